The predicted molar refractivity (Wildman–Crippen MR) is 120 cm³/mol. The van der Waals surface area contributed by atoms with Crippen LogP contribution in [-0.4, -0.2) is 29.6 Å². The molecule has 2 aliphatic rings. The molecule has 0 aliphatic carbocycles. The third-order valence-corrected chi connectivity index (χ3v) is 7.22. The van der Waals surface area contributed by atoms with E-state index in [9.17, 15) is 4.79 Å². The van der Waals surface area contributed by atoms with Crippen molar-refractivity contribution in [3.8, 4) is 0 Å². The number of carbonyl (C=O) groups is 1. The van der Waals surface area contributed by atoms with Crippen molar-refractivity contribution < 1.29 is 4.79 Å². The number of carbonyl (C=O) groups excluding carboxylic acids is 1. The summed E-state index contributed by atoms with van der Waals surface area (Å²) in [5, 5.41) is 1.77. The maximum absolute atomic E-state index is 13.3. The lowest BCUT2D eigenvalue weighted by Gasteiger charge is -2.16. The van der Waals surface area contributed by atoms with Crippen molar-refractivity contribution in [2.45, 2.75) is 31.6 Å². The van der Waals surface area contributed by atoms with Crippen LogP contribution in [0.4, 0.5) is 11.4 Å². The van der Waals surface area contributed by atoms with E-state index in [1.165, 1.54) is 22.2 Å². The molecule has 1 fully saturated rings. The smallest absolute Gasteiger partial charge is 0.269 e. The molecule has 0 radical (unpaired) electrons. The normalized spacial score (nSPS) is 20.4. The van der Waals surface area contributed by atoms with Crippen LogP contribution in [-0.2, 0) is 4.79 Å². The molecule has 0 spiro atoms. The van der Waals surface area contributed by atoms with Gasteiger partial charge in [-0.3, -0.25) is 9.69 Å². The van der Waals surface area contributed by atoms with Gasteiger partial charge in [-0.15, -0.1) is 0 Å². The molecule has 4 nitrogen and oxygen atoms in total. The molecular weight excluding hydrogens is 386 g/mol. The number of fused-ring (bicyclic) bond motifs is 1. The quantitative estimate of drug-likeness (QED) is 0.601. The van der Waals surface area contributed by atoms with E-state index >= 15 is 0 Å². The Hall–Kier alpha value is -2.18. The summed E-state index contributed by atoms with van der Waals surface area (Å²) in [5.74, 6) is 0.0615. The van der Waals surface area contributed by atoms with E-state index < -0.39 is 0 Å². The Morgan fingerprint density at radius 1 is 1.04 bits per heavy atom. The molecule has 6 heteroatoms. The Balaban J connectivity index is 1.71. The summed E-state index contributed by atoms with van der Waals surface area (Å²) in [4.78, 5) is 24.0. The fourth-order valence-corrected chi connectivity index (χ4v) is 5.53. The number of benzene rings is 2. The van der Waals surface area contributed by atoms with E-state index in [-0.39, 0.29) is 5.91 Å². The van der Waals surface area contributed by atoms with Crippen LogP contribution in [0.25, 0.3) is 0 Å². The van der Waals surface area contributed by atoms with Gasteiger partial charge in [0, 0.05) is 18.5 Å². The number of anilines is 1. The van der Waals surface area contributed by atoms with Crippen LogP contribution in [0, 0.1) is 6.92 Å². The van der Waals surface area contributed by atoms with Gasteiger partial charge in [0.15, 0.2) is 5.17 Å². The number of nitrogens with zero attached hydrogens (tertiary/aromatic N) is 3. The number of aliphatic imine (C=N–C) groups is 1. The Kier molecular flexibility index (Phi) is 5.51. The van der Waals surface area contributed by atoms with Crippen LogP contribution < -0.4 is 4.90 Å². The first-order valence-corrected chi connectivity index (χ1v) is 11.1. The summed E-state index contributed by atoms with van der Waals surface area (Å²) >= 11 is 3.16. The average molecular weight is 410 g/mol. The Labute approximate surface area is 174 Å². The first kappa shape index (κ1) is 19.2. The molecule has 28 heavy (non-hydrogen) atoms. The minimum Gasteiger partial charge on any atom is -0.337 e. The van der Waals surface area contributed by atoms with Gasteiger partial charge in [-0.25, -0.2) is 4.99 Å². The highest BCUT2D eigenvalue weighted by molar-refractivity contribution is 8.19. The van der Waals surface area contributed by atoms with Gasteiger partial charge in [-0.1, -0.05) is 54.9 Å². The summed E-state index contributed by atoms with van der Waals surface area (Å²) < 4.78 is 0. The van der Waals surface area contributed by atoms with Gasteiger partial charge in [0.25, 0.3) is 5.91 Å². The van der Waals surface area contributed by atoms with Gasteiger partial charge in [0.05, 0.1) is 16.4 Å². The molecule has 144 valence electrons. The van der Waals surface area contributed by atoms with Crippen molar-refractivity contribution in [2.24, 2.45) is 4.99 Å². The number of para-hydroxylation sites is 1. The zero-order valence-electron chi connectivity index (χ0n) is 16.3. The number of unbranched alkanes of at least 4 members (excludes halogenated alkanes) is 1. The highest BCUT2D eigenvalue weighted by Gasteiger charge is 2.38. The van der Waals surface area contributed by atoms with E-state index in [4.69, 9.17) is 4.99 Å². The van der Waals surface area contributed by atoms with Crippen LogP contribution in [0.2, 0.25) is 0 Å². The fourth-order valence-electron chi connectivity index (χ4n) is 3.16. The minimum atomic E-state index is 0.0615. The fraction of sp³-hybridized carbons (Fsp3) is 0.273. The number of thioether (sulfide) groups is 2. The highest BCUT2D eigenvalue weighted by atomic mass is 32.2. The third kappa shape index (κ3) is 3.59. The lowest BCUT2D eigenvalue weighted by molar-refractivity contribution is -0.122. The standard InChI is InChI=1S/C22H23N3OS2/c1-4-5-14-25-20(26)19(21-24(3)17-8-6-7-9-18(17)27-21)28-22(25)23-16-12-10-15(2)11-13-16/h6-13H,4-5,14H2,1-3H3/b21-19-,23-22?. The van der Waals surface area contributed by atoms with Crippen molar-refractivity contribution in [3.05, 3.63) is 64.0 Å². The summed E-state index contributed by atoms with van der Waals surface area (Å²) in [6, 6.07) is 16.4. The zero-order chi connectivity index (χ0) is 19.7. The molecule has 2 aliphatic heterocycles. The molecule has 2 aromatic rings. The molecule has 0 unspecified atom stereocenters. The van der Waals surface area contributed by atoms with Crippen molar-refractivity contribution >= 4 is 46.0 Å². The van der Waals surface area contributed by atoms with Crippen molar-refractivity contribution in [1.29, 1.82) is 0 Å². The SMILES string of the molecule is CCCCN1C(=O)/C(=C2/Sc3ccccc3N2C)SC1=Nc1ccc(C)cc1. The van der Waals surface area contributed by atoms with E-state index in [0.29, 0.717) is 6.54 Å². The van der Waals surface area contributed by atoms with Crippen LogP contribution in [0.15, 0.2) is 68.4 Å². The topological polar surface area (TPSA) is 35.9 Å². The number of amides is 1. The van der Waals surface area contributed by atoms with Gasteiger partial charge in [0.1, 0.15) is 4.91 Å². The molecule has 1 amide bonds. The number of rotatable bonds is 4. The Morgan fingerprint density at radius 2 is 1.79 bits per heavy atom. The lowest BCUT2D eigenvalue weighted by Crippen LogP contribution is -2.30. The number of hydrogen-bond donors (Lipinski definition) is 0. The first-order valence-electron chi connectivity index (χ1n) is 9.48. The van der Waals surface area contributed by atoms with Gasteiger partial charge >= 0.3 is 0 Å². The summed E-state index contributed by atoms with van der Waals surface area (Å²) in [7, 11) is 2.03. The zero-order valence-corrected chi connectivity index (χ0v) is 17.9. The maximum atomic E-state index is 13.3. The van der Waals surface area contributed by atoms with Crippen LogP contribution in [0.5, 0.6) is 0 Å². The second-order valence-electron chi connectivity index (χ2n) is 6.91. The van der Waals surface area contributed by atoms with E-state index in [1.807, 2.05) is 48.3 Å². The van der Waals surface area contributed by atoms with Gasteiger partial charge in [-0.2, -0.15) is 0 Å². The third-order valence-electron chi connectivity index (χ3n) is 4.79. The lowest BCUT2D eigenvalue weighted by atomic mass is 10.2. The minimum absolute atomic E-state index is 0.0615. The summed E-state index contributed by atoms with van der Waals surface area (Å²) in [5.41, 5.74) is 3.23. The molecular formula is C22H23N3OS2. The second kappa shape index (κ2) is 8.05. The molecule has 4 rings (SSSR count). The Morgan fingerprint density at radius 3 is 2.50 bits per heavy atom. The van der Waals surface area contributed by atoms with Crippen LogP contribution in [0.3, 0.4) is 0 Å². The van der Waals surface area contributed by atoms with Crippen molar-refractivity contribution in [3.63, 3.8) is 0 Å². The van der Waals surface area contributed by atoms with E-state index in [1.54, 1.807) is 11.8 Å². The molecule has 0 bridgehead atoms. The monoisotopic (exact) mass is 409 g/mol. The largest absolute Gasteiger partial charge is 0.337 e. The van der Waals surface area contributed by atoms with Crippen LogP contribution in [0.1, 0.15) is 25.3 Å². The van der Waals surface area contributed by atoms with Crippen molar-refractivity contribution in [1.82, 2.24) is 4.90 Å². The van der Waals surface area contributed by atoms with Crippen molar-refractivity contribution in [2.75, 3.05) is 18.5 Å². The average Bonchev–Trinajstić information content (AvgIpc) is 3.19. The summed E-state index contributed by atoms with van der Waals surface area (Å²) in [6.45, 7) is 4.90. The van der Waals surface area contributed by atoms with E-state index in [2.05, 4.69) is 30.9 Å². The molecule has 0 atom stereocenters. The highest BCUT2D eigenvalue weighted by Crippen LogP contribution is 2.49. The molecule has 2 heterocycles. The molecule has 0 aromatic heterocycles. The predicted octanol–water partition coefficient (Wildman–Crippen LogP) is 5.77. The van der Waals surface area contributed by atoms with E-state index in [0.717, 1.165) is 39.3 Å². The second-order valence-corrected chi connectivity index (χ2v) is 8.91. The maximum Gasteiger partial charge on any atom is 0.269 e. The van der Waals surface area contributed by atoms with Gasteiger partial charge < -0.3 is 4.90 Å². The number of amidine groups is 1. The Bertz CT molecular complexity index is 966. The van der Waals surface area contributed by atoms with Gasteiger partial charge in [-0.05, 0) is 49.4 Å². The molecule has 2 aromatic carbocycles. The number of aryl methyl sites for hydroxylation is 1. The summed E-state index contributed by atoms with van der Waals surface area (Å²) in [6.07, 6.45) is 2.00. The van der Waals surface area contributed by atoms with Gasteiger partial charge in [0.2, 0.25) is 0 Å². The number of hydrogen-bond acceptors (Lipinski definition) is 5. The molecule has 1 saturated heterocycles. The molecule has 0 saturated carbocycles. The molecule has 0 N–H and O–H groups in total. The first-order chi connectivity index (χ1) is 13.6. The van der Waals surface area contributed by atoms with Crippen LogP contribution >= 0.6 is 23.5 Å².